The molecule has 1 nitrogen and oxygen atoms in total. The largest absolute Gasteiger partial charge is 0.304 e. The summed E-state index contributed by atoms with van der Waals surface area (Å²) in [6.07, 6.45) is 4.07. The molecule has 0 radical (unpaired) electrons. The van der Waals surface area contributed by atoms with Crippen LogP contribution in [0.25, 0.3) is 0 Å². The zero-order valence-corrected chi connectivity index (χ0v) is 14.4. The first-order valence-corrected chi connectivity index (χ1v) is 7.89. The Labute approximate surface area is 136 Å². The summed E-state index contributed by atoms with van der Waals surface area (Å²) in [5, 5.41) is 0.809. The van der Waals surface area contributed by atoms with Crippen molar-refractivity contribution in [2.45, 2.75) is 6.92 Å². The van der Waals surface area contributed by atoms with Crippen molar-refractivity contribution in [1.82, 2.24) is 4.90 Å². The van der Waals surface area contributed by atoms with E-state index in [1.54, 1.807) is 0 Å². The van der Waals surface area contributed by atoms with Gasteiger partial charge in [-0.05, 0) is 39.2 Å². The van der Waals surface area contributed by atoms with Crippen LogP contribution in [-0.2, 0) is 0 Å². The number of halogens is 1. The highest BCUT2D eigenvalue weighted by molar-refractivity contribution is 9.09. The van der Waals surface area contributed by atoms with Gasteiger partial charge in [0.25, 0.3) is 0 Å². The summed E-state index contributed by atoms with van der Waals surface area (Å²) in [4.78, 5) is 2.11. The summed E-state index contributed by atoms with van der Waals surface area (Å²) in [7, 11) is 4.07. The molecule has 2 heteroatoms. The molecule has 0 aromatic heterocycles. The molecule has 0 N–H and O–H groups in total. The summed E-state index contributed by atoms with van der Waals surface area (Å²) >= 11 is 3.40. The number of likely N-dealkylation sites (N-methyl/N-ethyl adjacent to an activating group) is 1. The minimum absolute atomic E-state index is 0.774. The molecule has 1 aromatic carbocycles. The number of allylic oxidation sites excluding steroid dienone is 3. The standard InChI is InChI=1S/C19H20BrN/c1-4-9-18(12-8-15-20)19(16-21(2)3)14-13-17-10-6-5-7-11-17/h5-8,10-12H,15-16H2,1-3H3. The Morgan fingerprint density at radius 3 is 2.48 bits per heavy atom. The van der Waals surface area contributed by atoms with Gasteiger partial charge in [-0.15, -0.1) is 5.92 Å². The Morgan fingerprint density at radius 2 is 1.90 bits per heavy atom. The van der Waals surface area contributed by atoms with E-state index in [1.165, 1.54) is 0 Å². The van der Waals surface area contributed by atoms with E-state index in [0.717, 1.165) is 28.6 Å². The maximum Gasteiger partial charge on any atom is 0.0371 e. The Morgan fingerprint density at radius 1 is 1.19 bits per heavy atom. The highest BCUT2D eigenvalue weighted by Gasteiger charge is 2.02. The van der Waals surface area contributed by atoms with E-state index < -0.39 is 0 Å². The summed E-state index contributed by atoms with van der Waals surface area (Å²) in [6, 6.07) is 10.0. The topological polar surface area (TPSA) is 3.24 Å². The number of alkyl halides is 1. The van der Waals surface area contributed by atoms with Crippen LogP contribution in [0.15, 0.2) is 53.6 Å². The van der Waals surface area contributed by atoms with Gasteiger partial charge in [-0.1, -0.05) is 58.0 Å². The summed E-state index contributed by atoms with van der Waals surface area (Å²) in [6.45, 7) is 2.62. The Bertz CT molecular complexity index is 616. The third kappa shape index (κ3) is 7.00. The molecule has 108 valence electrons. The molecule has 0 spiro atoms. The SMILES string of the molecule is CC#CC(C=CCBr)=C(C#Cc1ccccc1)CN(C)C. The van der Waals surface area contributed by atoms with Crippen LogP contribution >= 0.6 is 15.9 Å². The maximum absolute atomic E-state index is 3.40. The summed E-state index contributed by atoms with van der Waals surface area (Å²) in [5.74, 6) is 12.6. The molecule has 0 atom stereocenters. The van der Waals surface area contributed by atoms with Gasteiger partial charge in [0.05, 0.1) is 0 Å². The van der Waals surface area contributed by atoms with Crippen molar-refractivity contribution in [2.75, 3.05) is 26.0 Å². The predicted molar refractivity (Wildman–Crippen MR) is 95.3 cm³/mol. The van der Waals surface area contributed by atoms with Crippen LogP contribution in [-0.4, -0.2) is 30.9 Å². The zero-order chi connectivity index (χ0) is 15.5. The molecule has 0 aliphatic rings. The molecule has 0 aliphatic heterocycles. The van der Waals surface area contributed by atoms with Gasteiger partial charge in [0.15, 0.2) is 0 Å². The molecule has 0 heterocycles. The van der Waals surface area contributed by atoms with Crippen molar-refractivity contribution in [3.8, 4) is 23.7 Å². The van der Waals surface area contributed by atoms with Crippen LogP contribution in [0.3, 0.4) is 0 Å². The van der Waals surface area contributed by atoms with E-state index in [1.807, 2.05) is 63.5 Å². The average Bonchev–Trinajstić information content (AvgIpc) is 2.48. The zero-order valence-electron chi connectivity index (χ0n) is 12.8. The normalized spacial score (nSPS) is 11.5. The predicted octanol–water partition coefficient (Wildman–Crippen LogP) is 3.87. The van der Waals surface area contributed by atoms with Gasteiger partial charge in [-0.25, -0.2) is 0 Å². The first-order valence-electron chi connectivity index (χ1n) is 6.77. The molecule has 0 aliphatic carbocycles. The molecule has 0 saturated heterocycles. The summed E-state index contributed by atoms with van der Waals surface area (Å²) < 4.78 is 0. The van der Waals surface area contributed by atoms with Gasteiger partial charge in [-0.2, -0.15) is 0 Å². The van der Waals surface area contributed by atoms with Gasteiger partial charge < -0.3 is 4.90 Å². The molecule has 0 bridgehead atoms. The van der Waals surface area contributed by atoms with Crippen LogP contribution in [0.5, 0.6) is 0 Å². The van der Waals surface area contributed by atoms with Crippen molar-refractivity contribution in [3.05, 3.63) is 59.2 Å². The van der Waals surface area contributed by atoms with Crippen LogP contribution in [0.2, 0.25) is 0 Å². The minimum atomic E-state index is 0.774. The van der Waals surface area contributed by atoms with Crippen LogP contribution < -0.4 is 0 Å². The number of hydrogen-bond donors (Lipinski definition) is 0. The van der Waals surface area contributed by atoms with E-state index in [9.17, 15) is 0 Å². The van der Waals surface area contributed by atoms with Gasteiger partial charge >= 0.3 is 0 Å². The molecular weight excluding hydrogens is 322 g/mol. The van der Waals surface area contributed by atoms with E-state index >= 15 is 0 Å². The van der Waals surface area contributed by atoms with Crippen molar-refractivity contribution < 1.29 is 0 Å². The fourth-order valence-corrected chi connectivity index (χ4v) is 1.88. The van der Waals surface area contributed by atoms with Crippen molar-refractivity contribution in [2.24, 2.45) is 0 Å². The fourth-order valence-electron chi connectivity index (χ4n) is 1.69. The molecule has 0 unspecified atom stereocenters. The molecule has 0 amide bonds. The first-order chi connectivity index (χ1) is 10.2. The molecular formula is C19H20BrN. The number of nitrogens with zero attached hydrogens (tertiary/aromatic N) is 1. The third-order valence-corrected chi connectivity index (χ3v) is 2.94. The second-order valence-corrected chi connectivity index (χ2v) is 5.33. The molecule has 1 rings (SSSR count). The number of benzene rings is 1. The molecule has 1 aromatic rings. The lowest BCUT2D eigenvalue weighted by atomic mass is 10.1. The highest BCUT2D eigenvalue weighted by Crippen LogP contribution is 2.08. The van der Waals surface area contributed by atoms with E-state index in [4.69, 9.17) is 0 Å². The number of hydrogen-bond acceptors (Lipinski definition) is 1. The number of rotatable bonds is 4. The fraction of sp³-hybridized carbons (Fsp3) is 0.263. The van der Waals surface area contributed by atoms with Gasteiger partial charge in [0.1, 0.15) is 0 Å². The minimum Gasteiger partial charge on any atom is -0.304 e. The maximum atomic E-state index is 3.40. The lowest BCUT2D eigenvalue weighted by Crippen LogP contribution is -2.15. The monoisotopic (exact) mass is 341 g/mol. The van der Waals surface area contributed by atoms with Crippen molar-refractivity contribution in [3.63, 3.8) is 0 Å². The van der Waals surface area contributed by atoms with E-state index in [0.29, 0.717) is 0 Å². The van der Waals surface area contributed by atoms with Gasteiger partial charge in [0.2, 0.25) is 0 Å². The van der Waals surface area contributed by atoms with Gasteiger partial charge in [-0.3, -0.25) is 0 Å². The van der Waals surface area contributed by atoms with E-state index in [2.05, 4.69) is 44.5 Å². The molecule has 0 fully saturated rings. The average molecular weight is 342 g/mol. The Hall–Kier alpha value is -1.74. The third-order valence-electron chi connectivity index (χ3n) is 2.56. The van der Waals surface area contributed by atoms with Crippen molar-refractivity contribution in [1.29, 1.82) is 0 Å². The lowest BCUT2D eigenvalue weighted by molar-refractivity contribution is 0.449. The second kappa shape index (κ2) is 10.1. The van der Waals surface area contributed by atoms with Crippen LogP contribution in [0.1, 0.15) is 12.5 Å². The Kier molecular flexibility index (Phi) is 8.29. The van der Waals surface area contributed by atoms with Crippen molar-refractivity contribution >= 4 is 15.9 Å². The summed E-state index contributed by atoms with van der Waals surface area (Å²) in [5.41, 5.74) is 3.03. The van der Waals surface area contributed by atoms with Gasteiger partial charge in [0, 0.05) is 28.6 Å². The lowest BCUT2D eigenvalue weighted by Gasteiger charge is -2.10. The quantitative estimate of drug-likeness (QED) is 0.456. The van der Waals surface area contributed by atoms with Crippen LogP contribution in [0.4, 0.5) is 0 Å². The Balaban J connectivity index is 3.22. The second-order valence-electron chi connectivity index (χ2n) is 4.68. The molecule has 0 saturated carbocycles. The molecule has 21 heavy (non-hydrogen) atoms. The van der Waals surface area contributed by atoms with E-state index in [-0.39, 0.29) is 0 Å². The smallest absolute Gasteiger partial charge is 0.0371 e. The first kappa shape index (κ1) is 17.3. The van der Waals surface area contributed by atoms with Crippen LogP contribution in [0, 0.1) is 23.7 Å². The highest BCUT2D eigenvalue weighted by atomic mass is 79.9.